The fourth-order valence-electron chi connectivity index (χ4n) is 2.41. The second kappa shape index (κ2) is 6.52. The van der Waals surface area contributed by atoms with Crippen molar-refractivity contribution in [3.63, 3.8) is 0 Å². The zero-order valence-electron chi connectivity index (χ0n) is 14.0. The molecule has 25 heavy (non-hydrogen) atoms. The average Bonchev–Trinajstić information content (AvgIpc) is 2.93. The summed E-state index contributed by atoms with van der Waals surface area (Å²) < 4.78 is 34.4. The van der Waals surface area contributed by atoms with Crippen LogP contribution in [0.3, 0.4) is 0 Å². The lowest BCUT2D eigenvalue weighted by Gasteiger charge is -2.11. The van der Waals surface area contributed by atoms with E-state index in [4.69, 9.17) is 4.74 Å². The predicted octanol–water partition coefficient (Wildman–Crippen LogP) is 2.09. The summed E-state index contributed by atoms with van der Waals surface area (Å²) in [4.78, 5) is 8.17. The minimum absolute atomic E-state index is 0.0313. The number of nitrogens with zero attached hydrogens (tertiary/aromatic N) is 4. The standard InChI is InChI=1S/C16H17N5O3S/c1-11-8-12(2)21(19-11)16-9-15(17-10-18-16)20-25(22,23)14-7-5-4-6-13(14)24-3/h4-10H,1-3H3,(H,17,18,20). The molecule has 0 spiro atoms. The summed E-state index contributed by atoms with van der Waals surface area (Å²) in [5, 5.41) is 4.33. The molecule has 9 heteroatoms. The van der Waals surface area contributed by atoms with E-state index in [2.05, 4.69) is 19.8 Å². The van der Waals surface area contributed by atoms with Gasteiger partial charge in [0, 0.05) is 11.8 Å². The van der Waals surface area contributed by atoms with Gasteiger partial charge in [0.25, 0.3) is 10.0 Å². The first-order valence-corrected chi connectivity index (χ1v) is 8.90. The molecule has 2 heterocycles. The smallest absolute Gasteiger partial charge is 0.266 e. The van der Waals surface area contributed by atoms with E-state index in [9.17, 15) is 8.42 Å². The third-order valence-electron chi connectivity index (χ3n) is 3.48. The van der Waals surface area contributed by atoms with Crippen molar-refractivity contribution in [2.75, 3.05) is 11.8 Å². The Bertz CT molecular complexity index is 1010. The van der Waals surface area contributed by atoms with E-state index < -0.39 is 10.0 Å². The molecule has 0 saturated carbocycles. The summed E-state index contributed by atoms with van der Waals surface area (Å²) >= 11 is 0. The van der Waals surface area contributed by atoms with E-state index >= 15 is 0 Å². The quantitative estimate of drug-likeness (QED) is 0.749. The Kier molecular flexibility index (Phi) is 4.41. The Morgan fingerprint density at radius 2 is 1.88 bits per heavy atom. The van der Waals surface area contributed by atoms with Gasteiger partial charge in [0.15, 0.2) is 5.82 Å². The van der Waals surface area contributed by atoms with Crippen molar-refractivity contribution in [3.05, 3.63) is 54.1 Å². The number of nitrogens with one attached hydrogen (secondary N) is 1. The van der Waals surface area contributed by atoms with Gasteiger partial charge in [0.05, 0.1) is 12.8 Å². The lowest BCUT2D eigenvalue weighted by atomic mass is 10.3. The Balaban J connectivity index is 1.96. The summed E-state index contributed by atoms with van der Waals surface area (Å²) in [7, 11) is -2.44. The van der Waals surface area contributed by atoms with E-state index in [1.165, 1.54) is 25.6 Å². The van der Waals surface area contributed by atoms with Crippen LogP contribution in [0.15, 0.2) is 47.6 Å². The first kappa shape index (κ1) is 16.9. The van der Waals surface area contributed by atoms with Crippen LogP contribution in [-0.2, 0) is 10.0 Å². The van der Waals surface area contributed by atoms with E-state index in [0.29, 0.717) is 5.82 Å². The highest BCUT2D eigenvalue weighted by Gasteiger charge is 2.20. The van der Waals surface area contributed by atoms with Gasteiger partial charge in [-0.1, -0.05) is 12.1 Å². The Hall–Kier alpha value is -2.94. The van der Waals surface area contributed by atoms with Crippen molar-refractivity contribution in [1.29, 1.82) is 0 Å². The SMILES string of the molecule is COc1ccccc1S(=O)(=O)Nc1cc(-n2nc(C)cc2C)ncn1. The number of para-hydroxylation sites is 1. The maximum atomic E-state index is 12.6. The van der Waals surface area contributed by atoms with Crippen LogP contribution in [0.4, 0.5) is 5.82 Å². The summed E-state index contributed by atoms with van der Waals surface area (Å²) in [5.74, 6) is 0.865. The van der Waals surface area contributed by atoms with E-state index in [1.807, 2.05) is 19.9 Å². The first-order chi connectivity index (χ1) is 11.9. The predicted molar refractivity (Wildman–Crippen MR) is 92.4 cm³/mol. The average molecular weight is 359 g/mol. The molecule has 0 bridgehead atoms. The van der Waals surface area contributed by atoms with Gasteiger partial charge >= 0.3 is 0 Å². The number of aromatic nitrogens is 4. The fourth-order valence-corrected chi connectivity index (χ4v) is 3.58. The van der Waals surface area contributed by atoms with Crippen molar-refractivity contribution in [2.24, 2.45) is 0 Å². The molecule has 1 aromatic carbocycles. The van der Waals surface area contributed by atoms with Crippen LogP contribution in [0, 0.1) is 13.8 Å². The summed E-state index contributed by atoms with van der Waals surface area (Å²) in [6, 6.07) is 9.79. The third kappa shape index (κ3) is 3.45. The molecule has 0 atom stereocenters. The molecule has 1 N–H and O–H groups in total. The number of anilines is 1. The second-order valence-electron chi connectivity index (χ2n) is 5.36. The lowest BCUT2D eigenvalue weighted by molar-refractivity contribution is 0.403. The number of ether oxygens (including phenoxy) is 1. The number of aryl methyl sites for hydroxylation is 2. The minimum atomic E-state index is -3.85. The van der Waals surface area contributed by atoms with Gasteiger partial charge in [0.1, 0.15) is 22.8 Å². The van der Waals surface area contributed by atoms with Gasteiger partial charge in [-0.2, -0.15) is 5.10 Å². The summed E-state index contributed by atoms with van der Waals surface area (Å²) in [6.45, 7) is 3.76. The van der Waals surface area contributed by atoms with Crippen LogP contribution in [0.1, 0.15) is 11.4 Å². The van der Waals surface area contributed by atoms with Crippen LogP contribution in [0.25, 0.3) is 5.82 Å². The fraction of sp³-hybridized carbons (Fsp3) is 0.188. The Labute approximate surface area is 145 Å². The Morgan fingerprint density at radius 1 is 1.12 bits per heavy atom. The van der Waals surface area contributed by atoms with Crippen LogP contribution in [-0.4, -0.2) is 35.3 Å². The van der Waals surface area contributed by atoms with Gasteiger partial charge in [0.2, 0.25) is 0 Å². The molecule has 0 fully saturated rings. The Morgan fingerprint density at radius 3 is 2.56 bits per heavy atom. The lowest BCUT2D eigenvalue weighted by Crippen LogP contribution is -2.15. The topological polar surface area (TPSA) is 99.0 Å². The summed E-state index contributed by atoms with van der Waals surface area (Å²) in [6.07, 6.45) is 1.28. The van der Waals surface area contributed by atoms with Crippen LogP contribution < -0.4 is 9.46 Å². The van der Waals surface area contributed by atoms with Gasteiger partial charge in [-0.25, -0.2) is 23.1 Å². The number of methoxy groups -OCH3 is 1. The van der Waals surface area contributed by atoms with Gasteiger partial charge in [-0.15, -0.1) is 0 Å². The van der Waals surface area contributed by atoms with Gasteiger partial charge in [-0.3, -0.25) is 4.72 Å². The molecule has 130 valence electrons. The van der Waals surface area contributed by atoms with Gasteiger partial charge in [-0.05, 0) is 32.0 Å². The van der Waals surface area contributed by atoms with Crippen molar-refractivity contribution in [1.82, 2.24) is 19.7 Å². The van der Waals surface area contributed by atoms with Crippen LogP contribution in [0.2, 0.25) is 0 Å². The molecular weight excluding hydrogens is 342 g/mol. The molecule has 0 aliphatic rings. The molecule has 0 radical (unpaired) electrons. The van der Waals surface area contributed by atoms with E-state index in [1.54, 1.807) is 22.9 Å². The number of benzene rings is 1. The highest BCUT2D eigenvalue weighted by Crippen LogP contribution is 2.25. The molecule has 0 aliphatic heterocycles. The largest absolute Gasteiger partial charge is 0.495 e. The molecular formula is C16H17N5O3S. The second-order valence-corrected chi connectivity index (χ2v) is 7.01. The maximum absolute atomic E-state index is 12.6. The van der Waals surface area contributed by atoms with Crippen molar-refractivity contribution in [2.45, 2.75) is 18.7 Å². The molecule has 3 rings (SSSR count). The van der Waals surface area contributed by atoms with Gasteiger partial charge < -0.3 is 4.74 Å². The highest BCUT2D eigenvalue weighted by atomic mass is 32.2. The molecule has 0 saturated heterocycles. The normalized spacial score (nSPS) is 11.3. The highest BCUT2D eigenvalue weighted by molar-refractivity contribution is 7.92. The summed E-state index contributed by atoms with van der Waals surface area (Å²) in [5.41, 5.74) is 1.72. The van der Waals surface area contributed by atoms with Crippen LogP contribution in [0.5, 0.6) is 5.75 Å². The van der Waals surface area contributed by atoms with Crippen molar-refractivity contribution < 1.29 is 13.2 Å². The molecule has 3 aromatic rings. The van der Waals surface area contributed by atoms with Crippen LogP contribution >= 0.6 is 0 Å². The molecule has 2 aromatic heterocycles. The number of rotatable bonds is 5. The molecule has 0 unspecified atom stereocenters. The zero-order chi connectivity index (χ0) is 18.0. The molecule has 0 aliphatic carbocycles. The zero-order valence-corrected chi connectivity index (χ0v) is 14.8. The van der Waals surface area contributed by atoms with Crippen molar-refractivity contribution >= 4 is 15.8 Å². The van der Waals surface area contributed by atoms with E-state index in [-0.39, 0.29) is 16.5 Å². The monoisotopic (exact) mass is 359 g/mol. The first-order valence-electron chi connectivity index (χ1n) is 7.42. The van der Waals surface area contributed by atoms with E-state index in [0.717, 1.165) is 11.4 Å². The number of sulfonamides is 1. The van der Waals surface area contributed by atoms with Crippen molar-refractivity contribution in [3.8, 4) is 11.6 Å². The number of hydrogen-bond acceptors (Lipinski definition) is 6. The third-order valence-corrected chi connectivity index (χ3v) is 4.87. The minimum Gasteiger partial charge on any atom is -0.495 e. The maximum Gasteiger partial charge on any atom is 0.266 e. The molecule has 0 amide bonds. The number of hydrogen-bond donors (Lipinski definition) is 1. The molecule has 8 nitrogen and oxygen atoms in total.